The molecular weight excluding hydrogens is 220 g/mol. The third kappa shape index (κ3) is 2.73. The van der Waals surface area contributed by atoms with Crippen LogP contribution in [0.5, 0.6) is 5.75 Å². The van der Waals surface area contributed by atoms with Crippen molar-refractivity contribution in [1.82, 2.24) is 0 Å². The zero-order valence-electron chi connectivity index (χ0n) is 9.39. The van der Waals surface area contributed by atoms with Crippen molar-refractivity contribution >= 4 is 5.97 Å². The molecule has 0 bridgehead atoms. The molecule has 0 aliphatic heterocycles. The van der Waals surface area contributed by atoms with E-state index < -0.39 is 11.6 Å². The van der Waals surface area contributed by atoms with Crippen LogP contribution in [-0.4, -0.2) is 16.7 Å². The number of carbonyl (C=O) groups is 1. The number of nitrogens with zero attached hydrogens (tertiary/aromatic N) is 2. The average Bonchev–Trinajstić information content (AvgIpc) is 2.28. The summed E-state index contributed by atoms with van der Waals surface area (Å²) in [5, 5.41) is 26.4. The second kappa shape index (κ2) is 4.54. The highest BCUT2D eigenvalue weighted by Gasteiger charge is 2.29. The van der Waals surface area contributed by atoms with E-state index in [9.17, 15) is 4.79 Å². The van der Waals surface area contributed by atoms with Crippen molar-refractivity contribution in [3.05, 3.63) is 29.3 Å². The number of nitriles is 2. The van der Waals surface area contributed by atoms with Crippen molar-refractivity contribution in [1.29, 1.82) is 10.5 Å². The lowest BCUT2D eigenvalue weighted by Gasteiger charge is -2.21. The molecule has 1 aromatic carbocycles. The minimum absolute atomic E-state index is 0.159. The van der Waals surface area contributed by atoms with Gasteiger partial charge < -0.3 is 9.84 Å². The number of rotatable bonds is 3. The average molecular weight is 230 g/mol. The van der Waals surface area contributed by atoms with Crippen LogP contribution in [0, 0.1) is 22.7 Å². The summed E-state index contributed by atoms with van der Waals surface area (Å²) < 4.78 is 5.25. The normalized spacial score (nSPS) is 10.1. The lowest BCUT2D eigenvalue weighted by molar-refractivity contribution is -0.152. The molecule has 1 aromatic rings. The Morgan fingerprint density at radius 2 is 1.88 bits per heavy atom. The van der Waals surface area contributed by atoms with Crippen LogP contribution < -0.4 is 4.74 Å². The van der Waals surface area contributed by atoms with Crippen molar-refractivity contribution in [2.45, 2.75) is 19.4 Å². The second-order valence-corrected chi connectivity index (χ2v) is 3.85. The maximum atomic E-state index is 10.9. The Labute approximate surface area is 98.5 Å². The van der Waals surface area contributed by atoms with E-state index in [0.29, 0.717) is 0 Å². The van der Waals surface area contributed by atoms with Gasteiger partial charge in [0.25, 0.3) is 0 Å². The molecule has 0 aliphatic carbocycles. The van der Waals surface area contributed by atoms with Gasteiger partial charge in [0.2, 0.25) is 0 Å². The largest absolute Gasteiger partial charge is 0.478 e. The van der Waals surface area contributed by atoms with Crippen molar-refractivity contribution in [3.8, 4) is 17.9 Å². The minimum Gasteiger partial charge on any atom is -0.478 e. The first-order valence-corrected chi connectivity index (χ1v) is 4.77. The van der Waals surface area contributed by atoms with Crippen LogP contribution >= 0.6 is 0 Å². The van der Waals surface area contributed by atoms with Gasteiger partial charge in [0.1, 0.15) is 17.9 Å². The van der Waals surface area contributed by atoms with E-state index in [4.69, 9.17) is 20.4 Å². The fourth-order valence-electron chi connectivity index (χ4n) is 1.12. The summed E-state index contributed by atoms with van der Waals surface area (Å²) in [6.45, 7) is 2.80. The predicted molar refractivity (Wildman–Crippen MR) is 58.2 cm³/mol. The van der Waals surface area contributed by atoms with E-state index in [0.717, 1.165) is 0 Å². The van der Waals surface area contributed by atoms with Gasteiger partial charge in [-0.05, 0) is 32.0 Å². The predicted octanol–water partition coefficient (Wildman–Crippen LogP) is 1.67. The summed E-state index contributed by atoms with van der Waals surface area (Å²) in [6, 6.07) is 7.95. The summed E-state index contributed by atoms with van der Waals surface area (Å²) in [5.41, 5.74) is -1.000. The number of hydrogen-bond donors (Lipinski definition) is 1. The summed E-state index contributed by atoms with van der Waals surface area (Å²) >= 11 is 0. The summed E-state index contributed by atoms with van der Waals surface area (Å²) in [4.78, 5) is 10.9. The molecule has 0 aliphatic rings. The molecule has 0 heterocycles. The van der Waals surface area contributed by atoms with E-state index in [2.05, 4.69) is 0 Å². The summed E-state index contributed by atoms with van der Waals surface area (Å²) in [6.07, 6.45) is 0. The van der Waals surface area contributed by atoms with Gasteiger partial charge in [-0.15, -0.1) is 0 Å². The van der Waals surface area contributed by atoms with Gasteiger partial charge >= 0.3 is 5.97 Å². The van der Waals surface area contributed by atoms with E-state index >= 15 is 0 Å². The Kier molecular flexibility index (Phi) is 3.35. The van der Waals surface area contributed by atoms with Gasteiger partial charge in [0, 0.05) is 0 Å². The van der Waals surface area contributed by atoms with Crippen molar-refractivity contribution < 1.29 is 14.6 Å². The zero-order chi connectivity index (χ0) is 13.1. The van der Waals surface area contributed by atoms with Crippen LogP contribution in [0.1, 0.15) is 25.0 Å². The maximum Gasteiger partial charge on any atom is 0.347 e. The Balaban J connectivity index is 3.08. The molecule has 17 heavy (non-hydrogen) atoms. The fourth-order valence-corrected chi connectivity index (χ4v) is 1.12. The number of aliphatic carboxylic acids is 1. The van der Waals surface area contributed by atoms with Gasteiger partial charge in [0.05, 0.1) is 11.1 Å². The zero-order valence-corrected chi connectivity index (χ0v) is 9.39. The number of carboxylic acids is 1. The topological polar surface area (TPSA) is 94.1 Å². The highest BCUT2D eigenvalue weighted by atomic mass is 16.5. The van der Waals surface area contributed by atoms with Gasteiger partial charge in [-0.25, -0.2) is 4.79 Å². The van der Waals surface area contributed by atoms with E-state index in [1.807, 2.05) is 12.1 Å². The van der Waals surface area contributed by atoms with E-state index in [-0.39, 0.29) is 16.9 Å². The van der Waals surface area contributed by atoms with Crippen LogP contribution in [-0.2, 0) is 4.79 Å². The molecule has 1 N–H and O–H groups in total. The van der Waals surface area contributed by atoms with Crippen LogP contribution in [0.25, 0.3) is 0 Å². The van der Waals surface area contributed by atoms with Gasteiger partial charge in [-0.1, -0.05) is 0 Å². The Morgan fingerprint density at radius 1 is 1.29 bits per heavy atom. The molecule has 0 unspecified atom stereocenters. The molecule has 0 spiro atoms. The molecule has 0 amide bonds. The molecule has 0 aromatic heterocycles. The first-order chi connectivity index (χ1) is 7.90. The lowest BCUT2D eigenvalue weighted by atomic mass is 10.1. The Bertz CT molecular complexity index is 536. The van der Waals surface area contributed by atoms with Gasteiger partial charge in [-0.2, -0.15) is 10.5 Å². The van der Waals surface area contributed by atoms with Gasteiger partial charge in [0.15, 0.2) is 5.60 Å². The third-order valence-corrected chi connectivity index (χ3v) is 2.12. The SMILES string of the molecule is CC(C)(Oc1ccc(C#N)c(C#N)c1)C(=O)O. The van der Waals surface area contributed by atoms with E-state index in [1.54, 1.807) is 0 Å². The third-order valence-electron chi connectivity index (χ3n) is 2.12. The molecule has 0 saturated carbocycles. The first kappa shape index (κ1) is 12.5. The molecule has 0 fully saturated rings. The number of hydrogen-bond acceptors (Lipinski definition) is 4. The first-order valence-electron chi connectivity index (χ1n) is 4.77. The highest BCUT2D eigenvalue weighted by Crippen LogP contribution is 2.21. The van der Waals surface area contributed by atoms with Crippen molar-refractivity contribution in [2.24, 2.45) is 0 Å². The highest BCUT2D eigenvalue weighted by molar-refractivity contribution is 5.76. The molecule has 0 saturated heterocycles. The van der Waals surface area contributed by atoms with Crippen LogP contribution in [0.15, 0.2) is 18.2 Å². The molecule has 5 heteroatoms. The minimum atomic E-state index is -1.39. The molecule has 0 radical (unpaired) electrons. The lowest BCUT2D eigenvalue weighted by Crippen LogP contribution is -2.37. The smallest absolute Gasteiger partial charge is 0.347 e. The molecule has 5 nitrogen and oxygen atoms in total. The number of ether oxygens (including phenoxy) is 1. The molecular formula is C12H10N2O3. The van der Waals surface area contributed by atoms with Gasteiger partial charge in [-0.3, -0.25) is 0 Å². The van der Waals surface area contributed by atoms with Crippen molar-refractivity contribution in [3.63, 3.8) is 0 Å². The number of carboxylic acid groups (broad SMARTS) is 1. The fraction of sp³-hybridized carbons (Fsp3) is 0.250. The van der Waals surface area contributed by atoms with Crippen LogP contribution in [0.3, 0.4) is 0 Å². The number of benzene rings is 1. The summed E-state index contributed by atoms with van der Waals surface area (Å²) in [7, 11) is 0. The standard InChI is InChI=1S/C12H10N2O3/c1-12(2,11(15)16)17-10-4-3-8(6-13)9(5-10)7-14/h3-5H,1-2H3,(H,15,16). The second-order valence-electron chi connectivity index (χ2n) is 3.85. The Morgan fingerprint density at radius 3 is 2.35 bits per heavy atom. The Hall–Kier alpha value is -2.53. The van der Waals surface area contributed by atoms with E-state index in [1.165, 1.54) is 32.0 Å². The van der Waals surface area contributed by atoms with Crippen LogP contribution in [0.2, 0.25) is 0 Å². The van der Waals surface area contributed by atoms with Crippen molar-refractivity contribution in [2.75, 3.05) is 0 Å². The molecule has 0 atom stereocenters. The monoisotopic (exact) mass is 230 g/mol. The van der Waals surface area contributed by atoms with Crippen LogP contribution in [0.4, 0.5) is 0 Å². The maximum absolute atomic E-state index is 10.9. The molecule has 1 rings (SSSR count). The quantitative estimate of drug-likeness (QED) is 0.852. The molecule has 86 valence electrons. The summed E-state index contributed by atoms with van der Waals surface area (Å²) in [5.74, 6) is -0.867.